The molecule has 0 saturated carbocycles. The highest BCUT2D eigenvalue weighted by molar-refractivity contribution is 6.36. The second kappa shape index (κ2) is 10.4. The lowest BCUT2D eigenvalue weighted by Crippen LogP contribution is -1.88. The minimum absolute atomic E-state index is 0.0647. The number of halogens is 3. The van der Waals surface area contributed by atoms with Gasteiger partial charge in [-0.05, 0) is 48.0 Å². The fraction of sp³-hybridized carbons (Fsp3) is 0. The Morgan fingerprint density at radius 3 is 1.68 bits per heavy atom. The van der Waals surface area contributed by atoms with Gasteiger partial charge in [0.05, 0.1) is 10.0 Å². The van der Waals surface area contributed by atoms with E-state index in [-0.39, 0.29) is 11.5 Å². The second-order valence-corrected chi connectivity index (χ2v) is 8.97. The van der Waals surface area contributed by atoms with Crippen LogP contribution in [-0.2, 0) is 0 Å². The van der Waals surface area contributed by atoms with Crippen LogP contribution in [0.1, 0.15) is 0 Å². The number of hydrogen-bond donors (Lipinski definition) is 2. The topological polar surface area (TPSA) is 66.2 Å². The quantitative estimate of drug-likeness (QED) is 0.236. The summed E-state index contributed by atoms with van der Waals surface area (Å²) in [6.45, 7) is 0. The van der Waals surface area contributed by atoms with Gasteiger partial charge in [0, 0.05) is 39.9 Å². The van der Waals surface area contributed by atoms with Crippen molar-refractivity contribution in [1.82, 2.24) is 9.97 Å². The van der Waals surface area contributed by atoms with Gasteiger partial charge in [0.2, 0.25) is 0 Å². The number of nitrogens with zero attached hydrogens (tertiary/aromatic N) is 2. The van der Waals surface area contributed by atoms with Crippen molar-refractivity contribution in [1.29, 1.82) is 0 Å². The molecule has 37 heavy (non-hydrogen) atoms. The van der Waals surface area contributed by atoms with Gasteiger partial charge < -0.3 is 10.2 Å². The molecule has 0 atom stereocenters. The first kappa shape index (κ1) is 24.5. The molecular formula is C30H19Cl2FN2O2. The molecule has 0 aliphatic carbocycles. The molecule has 4 nitrogen and oxygen atoms in total. The van der Waals surface area contributed by atoms with Gasteiger partial charge in [0.25, 0.3) is 0 Å². The Morgan fingerprint density at radius 2 is 1.08 bits per heavy atom. The maximum atomic E-state index is 13.8. The van der Waals surface area contributed by atoms with Crippen molar-refractivity contribution < 1.29 is 14.6 Å². The van der Waals surface area contributed by atoms with Crippen LogP contribution < -0.4 is 0 Å². The van der Waals surface area contributed by atoms with Crippen molar-refractivity contribution in [3.8, 4) is 33.8 Å². The monoisotopic (exact) mass is 528 g/mol. The van der Waals surface area contributed by atoms with Gasteiger partial charge in [-0.3, -0.25) is 9.97 Å². The van der Waals surface area contributed by atoms with Crippen molar-refractivity contribution in [3.05, 3.63) is 119 Å². The minimum atomic E-state index is -0.413. The Kier molecular flexibility index (Phi) is 6.91. The third-order valence-electron chi connectivity index (χ3n) is 5.88. The fourth-order valence-electron chi connectivity index (χ4n) is 4.10. The van der Waals surface area contributed by atoms with Gasteiger partial charge >= 0.3 is 0 Å². The van der Waals surface area contributed by atoms with Crippen LogP contribution in [0, 0.1) is 5.82 Å². The molecule has 7 heteroatoms. The molecule has 0 radical (unpaired) electrons. The number of pyridine rings is 2. The zero-order chi connectivity index (χ0) is 25.9. The van der Waals surface area contributed by atoms with Gasteiger partial charge in [-0.2, -0.15) is 0 Å². The summed E-state index contributed by atoms with van der Waals surface area (Å²) >= 11 is 12.4. The average molecular weight is 529 g/mol. The van der Waals surface area contributed by atoms with Crippen LogP contribution in [0.4, 0.5) is 4.39 Å². The van der Waals surface area contributed by atoms with Gasteiger partial charge in [-0.15, -0.1) is 0 Å². The van der Waals surface area contributed by atoms with E-state index in [9.17, 15) is 14.6 Å². The van der Waals surface area contributed by atoms with Gasteiger partial charge in [-0.1, -0.05) is 71.7 Å². The van der Waals surface area contributed by atoms with Crippen LogP contribution in [0.25, 0.3) is 44.1 Å². The smallest absolute Gasteiger partial charge is 0.149 e. The number of aromatic nitrogens is 2. The average Bonchev–Trinajstić information content (AvgIpc) is 2.94. The van der Waals surface area contributed by atoms with Crippen LogP contribution in [0.3, 0.4) is 0 Å². The predicted molar refractivity (Wildman–Crippen MR) is 148 cm³/mol. The summed E-state index contributed by atoms with van der Waals surface area (Å²) in [5, 5.41) is 23.0. The minimum Gasteiger partial charge on any atom is -0.505 e. The van der Waals surface area contributed by atoms with Crippen LogP contribution in [0.2, 0.25) is 10.0 Å². The van der Waals surface area contributed by atoms with Gasteiger partial charge in [0.1, 0.15) is 28.3 Å². The Labute approximate surface area is 222 Å². The number of phenols is 2. The van der Waals surface area contributed by atoms with E-state index in [1.54, 1.807) is 60.9 Å². The van der Waals surface area contributed by atoms with Crippen molar-refractivity contribution in [2.45, 2.75) is 0 Å². The summed E-state index contributed by atoms with van der Waals surface area (Å²) in [4.78, 5) is 8.29. The van der Waals surface area contributed by atoms with Crippen LogP contribution >= 0.6 is 23.2 Å². The van der Waals surface area contributed by atoms with Crippen LogP contribution in [-0.4, -0.2) is 20.2 Å². The Hall–Kier alpha value is -4.19. The van der Waals surface area contributed by atoms with E-state index < -0.39 is 5.82 Å². The molecule has 0 amide bonds. The van der Waals surface area contributed by atoms with Crippen molar-refractivity contribution >= 4 is 45.0 Å². The van der Waals surface area contributed by atoms with E-state index in [0.29, 0.717) is 43.2 Å². The second-order valence-electron chi connectivity index (χ2n) is 8.15. The molecule has 2 aromatic heterocycles. The number of fused-ring (bicyclic) bond motifs is 2. The van der Waals surface area contributed by atoms with E-state index in [4.69, 9.17) is 23.2 Å². The lowest BCUT2D eigenvalue weighted by molar-refractivity contribution is 0.481. The first-order chi connectivity index (χ1) is 18.0. The van der Waals surface area contributed by atoms with Crippen molar-refractivity contribution in [3.63, 3.8) is 0 Å². The number of aromatic hydroxyl groups is 2. The van der Waals surface area contributed by atoms with Crippen molar-refractivity contribution in [2.24, 2.45) is 0 Å². The number of hydrogen-bond acceptors (Lipinski definition) is 4. The molecule has 6 aromatic rings. The summed E-state index contributed by atoms with van der Waals surface area (Å²) in [7, 11) is 0. The predicted octanol–water partition coefficient (Wildman–Crippen LogP) is 8.66. The maximum absolute atomic E-state index is 13.8. The highest BCUT2D eigenvalue weighted by atomic mass is 35.5. The van der Waals surface area contributed by atoms with E-state index >= 15 is 0 Å². The summed E-state index contributed by atoms with van der Waals surface area (Å²) in [6, 6.07) is 26.3. The molecule has 2 heterocycles. The molecular weight excluding hydrogens is 510 g/mol. The third-order valence-corrected chi connectivity index (χ3v) is 6.51. The normalized spacial score (nSPS) is 10.8. The van der Waals surface area contributed by atoms with E-state index in [1.807, 2.05) is 36.4 Å². The van der Waals surface area contributed by atoms with E-state index in [1.165, 1.54) is 6.07 Å². The Balaban J connectivity index is 0.000000152. The molecule has 182 valence electrons. The summed E-state index contributed by atoms with van der Waals surface area (Å²) in [5.74, 6) is -0.310. The first-order valence-corrected chi connectivity index (χ1v) is 12.0. The molecule has 0 unspecified atom stereocenters. The molecule has 0 fully saturated rings. The van der Waals surface area contributed by atoms with Crippen LogP contribution in [0.15, 0.2) is 103 Å². The molecule has 6 rings (SSSR count). The SMILES string of the molecule is Oc1c(-c2ccccc2)cc(Cl)c2cccnc12.Oc1c(-c2ccccc2F)cc(Cl)c2cccnc12. The lowest BCUT2D eigenvalue weighted by Gasteiger charge is -2.10. The molecule has 0 spiro atoms. The third kappa shape index (κ3) is 4.79. The number of benzene rings is 4. The zero-order valence-electron chi connectivity index (χ0n) is 19.2. The van der Waals surface area contributed by atoms with E-state index in [2.05, 4.69) is 9.97 Å². The summed E-state index contributed by atoms with van der Waals surface area (Å²) in [6.07, 6.45) is 3.21. The molecule has 0 aliphatic heterocycles. The molecule has 0 aliphatic rings. The van der Waals surface area contributed by atoms with Gasteiger partial charge in [0.15, 0.2) is 0 Å². The van der Waals surface area contributed by atoms with Gasteiger partial charge in [-0.25, -0.2) is 4.39 Å². The molecule has 0 saturated heterocycles. The van der Waals surface area contributed by atoms with Crippen LogP contribution in [0.5, 0.6) is 11.5 Å². The highest BCUT2D eigenvalue weighted by Gasteiger charge is 2.15. The van der Waals surface area contributed by atoms with Crippen molar-refractivity contribution in [2.75, 3.05) is 0 Å². The zero-order valence-corrected chi connectivity index (χ0v) is 20.7. The van der Waals surface area contributed by atoms with E-state index in [0.717, 1.165) is 10.9 Å². The highest BCUT2D eigenvalue weighted by Crippen LogP contribution is 2.40. The molecule has 2 N–H and O–H groups in total. The largest absolute Gasteiger partial charge is 0.505 e. The Bertz CT molecular complexity index is 1740. The summed E-state index contributed by atoms with van der Waals surface area (Å²) < 4.78 is 13.8. The number of rotatable bonds is 2. The fourth-order valence-corrected chi connectivity index (χ4v) is 4.62. The molecule has 4 aromatic carbocycles. The number of phenolic OH excluding ortho intramolecular Hbond substituents is 2. The standard InChI is InChI=1S/C15H9ClFNO.C15H10ClNO/c16-12-8-11(9-4-1-2-6-13(9)17)15(19)14-10(12)5-3-7-18-14;16-13-9-12(10-5-2-1-3-6-10)15(18)14-11(13)7-4-8-17-14/h1-8,19H;1-9,18H. The maximum Gasteiger partial charge on any atom is 0.149 e. The molecule has 0 bridgehead atoms. The lowest BCUT2D eigenvalue weighted by atomic mass is 10.0. The Morgan fingerprint density at radius 1 is 0.568 bits per heavy atom. The summed E-state index contributed by atoms with van der Waals surface area (Å²) in [5.41, 5.74) is 3.16. The first-order valence-electron chi connectivity index (χ1n) is 11.3.